The average Bonchev–Trinajstić information content (AvgIpc) is 3.15. The van der Waals surface area contributed by atoms with E-state index in [1.807, 2.05) is 0 Å². The quantitative estimate of drug-likeness (QED) is 0.182. The third kappa shape index (κ3) is 7.83. The molecular weight excluding hydrogens is 521 g/mol. The highest BCUT2D eigenvalue weighted by molar-refractivity contribution is 6.76. The normalized spacial score (nSPS) is 12.1. The predicted octanol–water partition coefficient (Wildman–Crippen LogP) is 5.92. The topological polar surface area (TPSA) is 101 Å². The van der Waals surface area contributed by atoms with Crippen molar-refractivity contribution in [2.75, 3.05) is 11.9 Å². The first kappa shape index (κ1) is 27.2. The van der Waals surface area contributed by atoms with Gasteiger partial charge in [0.2, 0.25) is 5.95 Å². The molecule has 4 rings (SSSR count). The molecular formula is C25H27F3N4O5Si. The van der Waals surface area contributed by atoms with Gasteiger partial charge in [-0.25, -0.2) is 19.3 Å². The van der Waals surface area contributed by atoms with E-state index < -0.39 is 20.2 Å². The van der Waals surface area contributed by atoms with Crippen LogP contribution in [0.1, 0.15) is 5.56 Å². The zero-order valence-corrected chi connectivity index (χ0v) is 22.0. The molecule has 0 aliphatic carbocycles. The van der Waals surface area contributed by atoms with Crippen molar-refractivity contribution in [2.24, 2.45) is 0 Å². The fourth-order valence-corrected chi connectivity index (χ4v) is 4.08. The Morgan fingerprint density at radius 1 is 1.03 bits per heavy atom. The second-order valence-corrected chi connectivity index (χ2v) is 15.3. The number of anilines is 2. The highest BCUT2D eigenvalue weighted by Crippen LogP contribution is 2.25. The van der Waals surface area contributed by atoms with Crippen LogP contribution in [0.15, 0.2) is 64.1 Å². The monoisotopic (exact) mass is 548 g/mol. The Kier molecular flexibility index (Phi) is 8.07. The Hall–Kier alpha value is -3.84. The van der Waals surface area contributed by atoms with Gasteiger partial charge in [-0.2, -0.15) is 0 Å². The van der Waals surface area contributed by atoms with Crippen LogP contribution in [0.5, 0.6) is 11.5 Å². The van der Waals surface area contributed by atoms with Gasteiger partial charge < -0.3 is 23.9 Å². The first-order valence-corrected chi connectivity index (χ1v) is 15.4. The van der Waals surface area contributed by atoms with E-state index in [2.05, 4.69) is 39.7 Å². The lowest BCUT2D eigenvalue weighted by atomic mass is 10.3. The van der Waals surface area contributed by atoms with Crippen LogP contribution >= 0.6 is 0 Å². The third-order valence-corrected chi connectivity index (χ3v) is 7.02. The Labute approximate surface area is 217 Å². The number of rotatable bonds is 11. The van der Waals surface area contributed by atoms with Crippen LogP contribution in [0, 0.1) is 0 Å². The molecule has 202 valence electrons. The van der Waals surface area contributed by atoms with E-state index in [0.717, 1.165) is 6.04 Å². The molecule has 38 heavy (non-hydrogen) atoms. The van der Waals surface area contributed by atoms with Crippen molar-refractivity contribution in [1.82, 2.24) is 14.5 Å². The highest BCUT2D eigenvalue weighted by atomic mass is 28.3. The van der Waals surface area contributed by atoms with Crippen molar-refractivity contribution in [3.63, 3.8) is 0 Å². The number of aromatic nitrogens is 3. The molecule has 0 atom stereocenters. The summed E-state index contributed by atoms with van der Waals surface area (Å²) in [4.78, 5) is 20.7. The molecule has 0 bridgehead atoms. The smallest absolute Gasteiger partial charge is 0.489 e. The zero-order chi connectivity index (χ0) is 27.3. The first-order chi connectivity index (χ1) is 17.9. The van der Waals surface area contributed by atoms with Gasteiger partial charge in [-0.1, -0.05) is 19.6 Å². The minimum absolute atomic E-state index is 0.125. The lowest BCUT2D eigenvalue weighted by Gasteiger charge is -2.15. The van der Waals surface area contributed by atoms with E-state index in [0.29, 0.717) is 34.7 Å². The van der Waals surface area contributed by atoms with Gasteiger partial charge >= 0.3 is 12.1 Å². The molecule has 0 fully saturated rings. The summed E-state index contributed by atoms with van der Waals surface area (Å²) in [5.41, 5.74) is 2.18. The summed E-state index contributed by atoms with van der Waals surface area (Å²) in [5, 5.41) is 2.90. The van der Waals surface area contributed by atoms with Crippen molar-refractivity contribution in [3.8, 4) is 11.5 Å². The summed E-state index contributed by atoms with van der Waals surface area (Å²) in [6.45, 7) is 7.67. The van der Waals surface area contributed by atoms with E-state index in [4.69, 9.17) is 13.9 Å². The third-order valence-electron chi connectivity index (χ3n) is 5.31. The number of halogens is 3. The molecule has 0 radical (unpaired) electrons. The largest absolute Gasteiger partial charge is 0.573 e. The molecule has 0 aliphatic rings. The molecule has 9 nitrogen and oxygen atoms in total. The van der Waals surface area contributed by atoms with Crippen LogP contribution in [-0.4, -0.2) is 35.6 Å². The molecule has 1 N–H and O–H groups in total. The molecule has 2 heterocycles. The SMILES string of the molecule is C[Si](C)(C)CCOCn1c(=O)oc2cc(OCc3cnc(Nc4ccc(OC(F)(F)F)cc4)nc3)ccc21. The molecule has 13 heteroatoms. The number of nitrogens with one attached hydrogen (secondary N) is 1. The van der Waals surface area contributed by atoms with Crippen molar-refractivity contribution in [1.29, 1.82) is 0 Å². The van der Waals surface area contributed by atoms with Gasteiger partial charge in [0.1, 0.15) is 24.8 Å². The van der Waals surface area contributed by atoms with Crippen molar-refractivity contribution in [3.05, 3.63) is 71.0 Å². The molecule has 4 aromatic rings. The van der Waals surface area contributed by atoms with Gasteiger partial charge in [0, 0.05) is 44.4 Å². The zero-order valence-electron chi connectivity index (χ0n) is 21.0. The summed E-state index contributed by atoms with van der Waals surface area (Å²) in [6, 6.07) is 11.3. The fourth-order valence-electron chi connectivity index (χ4n) is 3.32. The number of alkyl halides is 3. The summed E-state index contributed by atoms with van der Waals surface area (Å²) in [7, 11) is -1.22. The Balaban J connectivity index is 1.31. The standard InChI is InChI=1S/C25H27F3N4O5Si/c1-38(2,3)11-10-34-16-32-21-9-8-20(12-22(21)36-24(32)33)35-15-17-13-29-23(30-14-17)31-18-4-6-19(7-5-18)37-25(26,27)28/h4-9,12-14H,10-11,15-16H2,1-3H3,(H,29,30,31). The van der Waals surface area contributed by atoms with E-state index in [-0.39, 0.29) is 25.0 Å². The lowest BCUT2D eigenvalue weighted by Crippen LogP contribution is -2.23. The second-order valence-electron chi connectivity index (χ2n) is 9.67. The van der Waals surface area contributed by atoms with E-state index >= 15 is 0 Å². The minimum Gasteiger partial charge on any atom is -0.489 e. The predicted molar refractivity (Wildman–Crippen MR) is 137 cm³/mol. The van der Waals surface area contributed by atoms with Crippen LogP contribution in [0.4, 0.5) is 24.8 Å². The van der Waals surface area contributed by atoms with Gasteiger partial charge in [0.25, 0.3) is 0 Å². The van der Waals surface area contributed by atoms with Crippen molar-refractivity contribution in [2.45, 2.75) is 45.4 Å². The molecule has 0 saturated heterocycles. The van der Waals surface area contributed by atoms with Crippen LogP contribution in [0.2, 0.25) is 25.7 Å². The number of hydrogen-bond acceptors (Lipinski definition) is 8. The fraction of sp³-hybridized carbons (Fsp3) is 0.320. The van der Waals surface area contributed by atoms with Crippen LogP contribution in [0.3, 0.4) is 0 Å². The summed E-state index contributed by atoms with van der Waals surface area (Å²) in [5.74, 6) is -0.0586. The highest BCUT2D eigenvalue weighted by Gasteiger charge is 2.31. The van der Waals surface area contributed by atoms with Crippen LogP contribution in [-0.2, 0) is 18.1 Å². The lowest BCUT2D eigenvalue weighted by molar-refractivity contribution is -0.274. The maximum absolute atomic E-state index is 12.3. The Bertz CT molecular complexity index is 1410. The molecule has 2 aromatic heterocycles. The van der Waals surface area contributed by atoms with Crippen LogP contribution in [0.25, 0.3) is 11.1 Å². The molecule has 0 saturated carbocycles. The molecule has 0 aliphatic heterocycles. The number of benzene rings is 2. The Morgan fingerprint density at radius 2 is 1.71 bits per heavy atom. The summed E-state index contributed by atoms with van der Waals surface area (Å²) >= 11 is 0. The first-order valence-electron chi connectivity index (χ1n) is 11.7. The van der Waals surface area contributed by atoms with Gasteiger partial charge in [0.05, 0.1) is 5.52 Å². The van der Waals surface area contributed by atoms with Gasteiger partial charge in [-0.05, 0) is 42.4 Å². The number of oxazole rings is 1. The maximum atomic E-state index is 12.3. The van der Waals surface area contributed by atoms with Crippen molar-refractivity contribution >= 4 is 30.8 Å². The van der Waals surface area contributed by atoms with Crippen molar-refractivity contribution < 1.29 is 31.8 Å². The molecule has 0 amide bonds. The number of fused-ring (bicyclic) bond motifs is 1. The van der Waals surface area contributed by atoms with E-state index in [1.54, 1.807) is 30.6 Å². The molecule has 0 unspecified atom stereocenters. The van der Waals surface area contributed by atoms with Gasteiger partial charge in [0.15, 0.2) is 5.58 Å². The van der Waals surface area contributed by atoms with Gasteiger partial charge in [-0.3, -0.25) is 0 Å². The van der Waals surface area contributed by atoms with E-state index in [1.165, 1.54) is 28.8 Å². The molecule has 2 aromatic carbocycles. The van der Waals surface area contributed by atoms with Crippen LogP contribution < -0.4 is 20.5 Å². The maximum Gasteiger partial charge on any atom is 0.573 e. The Morgan fingerprint density at radius 3 is 2.37 bits per heavy atom. The number of ether oxygens (including phenoxy) is 3. The number of nitrogens with zero attached hydrogens (tertiary/aromatic N) is 3. The summed E-state index contributed by atoms with van der Waals surface area (Å²) in [6.07, 6.45) is -1.63. The number of hydrogen-bond donors (Lipinski definition) is 1. The van der Waals surface area contributed by atoms with E-state index in [9.17, 15) is 18.0 Å². The summed E-state index contributed by atoms with van der Waals surface area (Å²) < 4.78 is 59.0. The second kappa shape index (κ2) is 11.3. The average molecular weight is 549 g/mol. The molecule has 0 spiro atoms. The minimum atomic E-state index is -4.75. The van der Waals surface area contributed by atoms with Gasteiger partial charge in [-0.15, -0.1) is 13.2 Å².